The van der Waals surface area contributed by atoms with Crippen molar-refractivity contribution in [3.8, 4) is 0 Å². The Morgan fingerprint density at radius 1 is 1.29 bits per heavy atom. The molecule has 0 radical (unpaired) electrons. The molecule has 0 aromatic rings. The molecule has 0 rings (SSSR count). The summed E-state index contributed by atoms with van der Waals surface area (Å²) < 4.78 is 35.3. The predicted octanol–water partition coefficient (Wildman–Crippen LogP) is 2.22. The minimum Gasteiger partial charge on any atom is -0.353 e. The van der Waals surface area contributed by atoms with Crippen molar-refractivity contribution in [3.05, 3.63) is 0 Å². The Bertz CT molecular complexity index is 219. The van der Waals surface area contributed by atoms with Gasteiger partial charge in [-0.15, -0.1) is 0 Å². The van der Waals surface area contributed by atoms with E-state index in [1.165, 1.54) is 0 Å². The van der Waals surface area contributed by atoms with Crippen molar-refractivity contribution in [2.75, 3.05) is 13.1 Å². The molecule has 1 amide bonds. The molecule has 0 aromatic heterocycles. The summed E-state index contributed by atoms with van der Waals surface area (Å²) >= 11 is 0. The zero-order valence-electron chi connectivity index (χ0n) is 10.4. The lowest BCUT2D eigenvalue weighted by molar-refractivity contribution is -0.128. The van der Waals surface area contributed by atoms with Crippen LogP contribution in [0, 0.1) is 0 Å². The molecule has 2 N–H and O–H groups in total. The van der Waals surface area contributed by atoms with E-state index in [0.29, 0.717) is 0 Å². The van der Waals surface area contributed by atoms with Gasteiger partial charge in [0, 0.05) is 6.04 Å². The second kappa shape index (κ2) is 8.33. The van der Waals surface area contributed by atoms with Gasteiger partial charge >= 0.3 is 6.18 Å². The fraction of sp³-hybridized carbons (Fsp3) is 0.909. The molecule has 3 nitrogen and oxygen atoms in total. The number of carbonyl (C=O) groups is 1. The summed E-state index contributed by atoms with van der Waals surface area (Å²) in [6.07, 6.45) is -0.180. The smallest absolute Gasteiger partial charge is 0.353 e. The minimum atomic E-state index is -4.27. The lowest BCUT2D eigenvalue weighted by atomic mass is 10.1. The van der Waals surface area contributed by atoms with Crippen LogP contribution in [0.25, 0.3) is 0 Å². The fourth-order valence-electron chi connectivity index (χ4n) is 1.42. The first kappa shape index (κ1) is 16.2. The van der Waals surface area contributed by atoms with Crippen LogP contribution in [-0.4, -0.2) is 31.2 Å². The average molecular weight is 254 g/mol. The van der Waals surface area contributed by atoms with E-state index in [2.05, 4.69) is 17.6 Å². The highest BCUT2D eigenvalue weighted by Gasteiger charge is 2.26. The topological polar surface area (TPSA) is 41.1 Å². The molecule has 17 heavy (non-hydrogen) atoms. The van der Waals surface area contributed by atoms with Gasteiger partial charge in [-0.25, -0.2) is 0 Å². The highest BCUT2D eigenvalue weighted by atomic mass is 19.4. The molecule has 0 aromatic carbocycles. The normalized spacial score (nSPS) is 13.5. The second-order valence-corrected chi connectivity index (χ2v) is 4.18. The van der Waals surface area contributed by atoms with E-state index >= 15 is 0 Å². The molecule has 0 heterocycles. The fourth-order valence-corrected chi connectivity index (χ4v) is 1.42. The van der Waals surface area contributed by atoms with Gasteiger partial charge in [0.2, 0.25) is 5.91 Å². The maximum absolute atomic E-state index is 11.8. The van der Waals surface area contributed by atoms with Crippen LogP contribution < -0.4 is 10.6 Å². The maximum atomic E-state index is 11.8. The Balaban J connectivity index is 3.57. The van der Waals surface area contributed by atoms with Gasteiger partial charge in [-0.1, -0.05) is 26.2 Å². The Morgan fingerprint density at radius 2 is 1.94 bits per heavy atom. The first-order chi connectivity index (χ1) is 7.85. The molecular formula is C11H21F3N2O. The Morgan fingerprint density at radius 3 is 2.47 bits per heavy atom. The summed E-state index contributed by atoms with van der Waals surface area (Å²) in [6, 6.07) is 0.0155. The summed E-state index contributed by atoms with van der Waals surface area (Å²) in [5.41, 5.74) is 0. The third-order valence-corrected chi connectivity index (χ3v) is 2.26. The van der Waals surface area contributed by atoms with E-state index in [4.69, 9.17) is 0 Å². The molecule has 6 heteroatoms. The average Bonchev–Trinajstić information content (AvgIpc) is 2.15. The van der Waals surface area contributed by atoms with Gasteiger partial charge in [-0.05, 0) is 13.3 Å². The van der Waals surface area contributed by atoms with Gasteiger partial charge in [-0.2, -0.15) is 13.2 Å². The third-order valence-electron chi connectivity index (χ3n) is 2.26. The van der Waals surface area contributed by atoms with Crippen molar-refractivity contribution in [3.63, 3.8) is 0 Å². The number of rotatable bonds is 8. The second-order valence-electron chi connectivity index (χ2n) is 4.18. The molecule has 0 fully saturated rings. The molecule has 0 aliphatic rings. The largest absolute Gasteiger partial charge is 0.401 e. The van der Waals surface area contributed by atoms with Gasteiger partial charge in [0.25, 0.3) is 0 Å². The zero-order chi connectivity index (χ0) is 13.3. The number of nitrogens with one attached hydrogen (secondary N) is 2. The van der Waals surface area contributed by atoms with E-state index in [0.717, 1.165) is 25.7 Å². The van der Waals surface area contributed by atoms with E-state index in [1.54, 1.807) is 0 Å². The molecule has 102 valence electrons. The number of hydrogen-bond acceptors (Lipinski definition) is 2. The monoisotopic (exact) mass is 254 g/mol. The molecule has 1 unspecified atom stereocenters. The summed E-state index contributed by atoms with van der Waals surface area (Å²) in [7, 11) is 0. The quantitative estimate of drug-likeness (QED) is 0.652. The van der Waals surface area contributed by atoms with Gasteiger partial charge in [0.05, 0.1) is 13.1 Å². The molecule has 0 spiro atoms. The van der Waals surface area contributed by atoms with Crippen molar-refractivity contribution in [2.45, 2.75) is 51.7 Å². The molecule has 0 aliphatic heterocycles. The number of halogens is 3. The first-order valence-corrected chi connectivity index (χ1v) is 5.92. The van der Waals surface area contributed by atoms with Crippen LogP contribution in [0.5, 0.6) is 0 Å². The van der Waals surface area contributed by atoms with Crippen LogP contribution in [0.2, 0.25) is 0 Å². The highest BCUT2D eigenvalue weighted by Crippen LogP contribution is 2.11. The van der Waals surface area contributed by atoms with Crippen LogP contribution in [-0.2, 0) is 4.79 Å². The Labute approximate surface area is 100 Å². The first-order valence-electron chi connectivity index (χ1n) is 5.92. The summed E-state index contributed by atoms with van der Waals surface area (Å²) in [6.45, 7) is 2.52. The Hall–Kier alpha value is -0.780. The lowest BCUT2D eigenvalue weighted by Crippen LogP contribution is -2.41. The highest BCUT2D eigenvalue weighted by molar-refractivity contribution is 5.78. The number of alkyl halides is 3. The number of unbranched alkanes of at least 4 members (excludes halogenated alkanes) is 2. The van der Waals surface area contributed by atoms with E-state index in [9.17, 15) is 18.0 Å². The van der Waals surface area contributed by atoms with Crippen LogP contribution in [0.15, 0.2) is 0 Å². The van der Waals surface area contributed by atoms with Gasteiger partial charge in [0.1, 0.15) is 0 Å². The third kappa shape index (κ3) is 11.5. The van der Waals surface area contributed by atoms with Crippen molar-refractivity contribution < 1.29 is 18.0 Å². The molecule has 0 saturated carbocycles. The minimum absolute atomic E-state index is 0.0155. The standard InChI is InChI=1S/C11H21F3N2O/c1-3-4-5-6-9(2)16-10(17)7-15-8-11(12,13)14/h9,15H,3-8H2,1-2H3,(H,16,17). The molecule has 0 bridgehead atoms. The van der Waals surface area contributed by atoms with Crippen molar-refractivity contribution in [1.29, 1.82) is 0 Å². The summed E-state index contributed by atoms with van der Waals surface area (Å²) in [4.78, 5) is 11.2. The van der Waals surface area contributed by atoms with Gasteiger partial charge < -0.3 is 10.6 Å². The van der Waals surface area contributed by atoms with E-state index < -0.39 is 18.6 Å². The molecule has 1 atom stereocenters. The van der Waals surface area contributed by atoms with Gasteiger partial charge in [0.15, 0.2) is 0 Å². The summed E-state index contributed by atoms with van der Waals surface area (Å²) in [5.74, 6) is -0.391. The maximum Gasteiger partial charge on any atom is 0.401 e. The van der Waals surface area contributed by atoms with Crippen LogP contribution >= 0.6 is 0 Å². The van der Waals surface area contributed by atoms with Crippen molar-refractivity contribution in [1.82, 2.24) is 10.6 Å². The molecular weight excluding hydrogens is 233 g/mol. The van der Waals surface area contributed by atoms with Crippen LogP contribution in [0.4, 0.5) is 13.2 Å². The van der Waals surface area contributed by atoms with Crippen molar-refractivity contribution >= 4 is 5.91 Å². The number of carbonyl (C=O) groups excluding carboxylic acids is 1. The predicted molar refractivity (Wildman–Crippen MR) is 60.7 cm³/mol. The van der Waals surface area contributed by atoms with E-state index in [-0.39, 0.29) is 12.6 Å². The van der Waals surface area contributed by atoms with Crippen molar-refractivity contribution in [2.24, 2.45) is 0 Å². The molecule has 0 aliphatic carbocycles. The number of hydrogen-bond donors (Lipinski definition) is 2. The lowest BCUT2D eigenvalue weighted by Gasteiger charge is -2.14. The van der Waals surface area contributed by atoms with Crippen LogP contribution in [0.3, 0.4) is 0 Å². The SMILES string of the molecule is CCCCCC(C)NC(=O)CNCC(F)(F)F. The van der Waals surface area contributed by atoms with E-state index in [1.807, 2.05) is 6.92 Å². The Kier molecular flexibility index (Phi) is 7.95. The summed E-state index contributed by atoms with van der Waals surface area (Å²) in [5, 5.41) is 4.72. The zero-order valence-corrected chi connectivity index (χ0v) is 10.4. The molecule has 0 saturated heterocycles. The van der Waals surface area contributed by atoms with Crippen LogP contribution in [0.1, 0.15) is 39.5 Å². The van der Waals surface area contributed by atoms with Gasteiger partial charge in [-0.3, -0.25) is 4.79 Å². The number of amides is 1.